The van der Waals surface area contributed by atoms with Crippen molar-refractivity contribution in [1.82, 2.24) is 20.7 Å². The highest BCUT2D eigenvalue weighted by Gasteiger charge is 2.35. The summed E-state index contributed by atoms with van der Waals surface area (Å²) < 4.78 is 33.0. The third kappa shape index (κ3) is 9.00. The molecule has 10 nitrogen and oxygen atoms in total. The van der Waals surface area contributed by atoms with Gasteiger partial charge in [0.2, 0.25) is 5.91 Å². The van der Waals surface area contributed by atoms with Crippen molar-refractivity contribution < 1.29 is 27.9 Å². The maximum Gasteiger partial charge on any atom is 0.252 e. The minimum absolute atomic E-state index is 0.0200. The van der Waals surface area contributed by atoms with Crippen LogP contribution in [0.15, 0.2) is 53.4 Å². The van der Waals surface area contributed by atoms with Gasteiger partial charge in [0, 0.05) is 19.4 Å². The summed E-state index contributed by atoms with van der Waals surface area (Å²) in [6, 6.07) is 13.4. The molecule has 11 heteroatoms. The first-order valence-corrected chi connectivity index (χ1v) is 16.1. The van der Waals surface area contributed by atoms with Crippen LogP contribution in [0.2, 0.25) is 0 Å². The van der Waals surface area contributed by atoms with Crippen molar-refractivity contribution >= 4 is 21.7 Å². The predicted molar refractivity (Wildman–Crippen MR) is 162 cm³/mol. The van der Waals surface area contributed by atoms with Crippen molar-refractivity contribution in [2.45, 2.75) is 69.4 Å². The summed E-state index contributed by atoms with van der Waals surface area (Å²) in [5.74, 6) is -0.321. The van der Waals surface area contributed by atoms with E-state index in [9.17, 15) is 23.1 Å². The largest absolute Gasteiger partial charge is 0.493 e. The Kier molecular flexibility index (Phi) is 11.9. The van der Waals surface area contributed by atoms with E-state index in [4.69, 9.17) is 4.74 Å². The number of sulfone groups is 1. The third-order valence-electron chi connectivity index (χ3n) is 7.08. The van der Waals surface area contributed by atoms with E-state index in [1.54, 1.807) is 51.0 Å². The second-order valence-electron chi connectivity index (χ2n) is 11.9. The molecule has 0 spiro atoms. The van der Waals surface area contributed by atoms with Gasteiger partial charge in [0.15, 0.2) is 9.84 Å². The number of aliphatic hydroxyl groups is 1. The summed E-state index contributed by atoms with van der Waals surface area (Å²) in [6.07, 6.45) is -0.137. The molecule has 232 valence electrons. The van der Waals surface area contributed by atoms with E-state index in [1.807, 2.05) is 44.2 Å². The van der Waals surface area contributed by atoms with E-state index in [-0.39, 0.29) is 48.6 Å². The number of hydrogen-bond donors (Lipinski definition) is 3. The van der Waals surface area contributed by atoms with E-state index in [0.29, 0.717) is 18.8 Å². The zero-order chi connectivity index (χ0) is 31.0. The molecule has 0 aliphatic carbocycles. The lowest BCUT2D eigenvalue weighted by Crippen LogP contribution is -2.60. The van der Waals surface area contributed by atoms with E-state index >= 15 is 0 Å². The number of ether oxygens (including phenoxy) is 1. The first-order valence-electron chi connectivity index (χ1n) is 14.5. The van der Waals surface area contributed by atoms with Crippen molar-refractivity contribution in [1.29, 1.82) is 0 Å². The Morgan fingerprint density at radius 2 is 1.74 bits per heavy atom. The van der Waals surface area contributed by atoms with Crippen molar-refractivity contribution in [3.8, 4) is 5.75 Å². The van der Waals surface area contributed by atoms with Gasteiger partial charge in [-0.15, -0.1) is 0 Å². The molecule has 1 aliphatic heterocycles. The van der Waals surface area contributed by atoms with E-state index in [0.717, 1.165) is 11.1 Å². The summed E-state index contributed by atoms with van der Waals surface area (Å²) in [4.78, 5) is 28.2. The molecule has 0 saturated heterocycles. The topological polar surface area (TPSA) is 128 Å². The Bertz CT molecular complexity index is 1300. The van der Waals surface area contributed by atoms with Crippen LogP contribution in [-0.4, -0.2) is 86.6 Å². The van der Waals surface area contributed by atoms with Gasteiger partial charge >= 0.3 is 0 Å². The summed E-state index contributed by atoms with van der Waals surface area (Å²) >= 11 is 0. The highest BCUT2D eigenvalue weighted by molar-refractivity contribution is 7.92. The van der Waals surface area contributed by atoms with Gasteiger partial charge in [-0.2, -0.15) is 0 Å². The lowest BCUT2D eigenvalue weighted by molar-refractivity contribution is -0.148. The molecule has 0 bridgehead atoms. The number of nitrogens with one attached hydrogen (secondary N) is 2. The fraction of sp³-hybridized carbons (Fsp3) is 0.548. The third-order valence-corrected chi connectivity index (χ3v) is 9.37. The monoisotopic (exact) mass is 602 g/mol. The molecule has 2 aromatic rings. The van der Waals surface area contributed by atoms with Crippen molar-refractivity contribution in [2.75, 3.05) is 33.8 Å². The average Bonchev–Trinajstić information content (AvgIpc) is 3.38. The van der Waals surface area contributed by atoms with Crippen LogP contribution in [0.1, 0.15) is 45.2 Å². The minimum atomic E-state index is -3.82. The molecular weight excluding hydrogens is 556 g/mol. The van der Waals surface area contributed by atoms with Crippen molar-refractivity contribution in [3.05, 3.63) is 59.7 Å². The summed E-state index contributed by atoms with van der Waals surface area (Å²) in [7, 11) is -0.320. The van der Waals surface area contributed by atoms with Gasteiger partial charge in [0.1, 0.15) is 11.1 Å². The van der Waals surface area contributed by atoms with Crippen LogP contribution in [0.5, 0.6) is 5.75 Å². The molecule has 0 aromatic heterocycles. The van der Waals surface area contributed by atoms with Gasteiger partial charge in [-0.3, -0.25) is 20.3 Å². The van der Waals surface area contributed by atoms with Crippen LogP contribution in [0.25, 0.3) is 0 Å². The summed E-state index contributed by atoms with van der Waals surface area (Å²) in [6.45, 7) is 7.88. The quantitative estimate of drug-likeness (QED) is 0.282. The van der Waals surface area contributed by atoms with Crippen molar-refractivity contribution in [3.63, 3.8) is 0 Å². The highest BCUT2D eigenvalue weighted by Crippen LogP contribution is 2.30. The average molecular weight is 603 g/mol. The van der Waals surface area contributed by atoms with Gasteiger partial charge in [-0.1, -0.05) is 58.0 Å². The lowest BCUT2D eigenvalue weighted by Gasteiger charge is -2.36. The summed E-state index contributed by atoms with van der Waals surface area (Å²) in [5, 5.41) is 14.9. The lowest BCUT2D eigenvalue weighted by atomic mass is 9.99. The second kappa shape index (κ2) is 15.0. The Morgan fingerprint density at radius 1 is 1.05 bits per heavy atom. The molecule has 1 aliphatic rings. The Morgan fingerprint density at radius 3 is 2.36 bits per heavy atom. The maximum atomic E-state index is 13.7. The number of fused-ring (bicyclic) bond motifs is 1. The number of carbonyl (C=O) groups is 2. The number of likely N-dealkylation sites (N-methyl/N-ethyl adjacent to an activating group) is 1. The molecule has 1 heterocycles. The number of hydrazine groups is 1. The minimum Gasteiger partial charge on any atom is -0.493 e. The SMILES string of the molecule is CC(C)CC(=O)N(NC(=O)CN(C)C)C(Cc1ccccc1)[C@H](O)CNC(C(C)C)S(=O)(=O)c1ccc2c(c1)CCO2. The molecule has 3 rings (SSSR count). The fourth-order valence-corrected chi connectivity index (χ4v) is 6.94. The fourth-order valence-electron chi connectivity index (χ4n) is 5.05. The van der Waals surface area contributed by atoms with Crippen LogP contribution in [0, 0.1) is 11.8 Å². The molecular formula is C31H46N4O6S. The molecule has 0 radical (unpaired) electrons. The van der Waals surface area contributed by atoms with Crippen molar-refractivity contribution in [2.24, 2.45) is 11.8 Å². The van der Waals surface area contributed by atoms with Crippen LogP contribution < -0.4 is 15.5 Å². The molecule has 2 aromatic carbocycles. The molecule has 0 saturated carbocycles. The smallest absolute Gasteiger partial charge is 0.252 e. The normalized spacial score (nSPS) is 15.3. The van der Waals surface area contributed by atoms with Gasteiger partial charge in [-0.05, 0) is 61.7 Å². The van der Waals surface area contributed by atoms with Crippen LogP contribution in [0.4, 0.5) is 0 Å². The van der Waals surface area contributed by atoms with E-state index in [1.165, 1.54) is 5.01 Å². The van der Waals surface area contributed by atoms with Crippen LogP contribution >= 0.6 is 0 Å². The number of hydrogen-bond acceptors (Lipinski definition) is 8. The predicted octanol–water partition coefficient (Wildman–Crippen LogP) is 2.41. The highest BCUT2D eigenvalue weighted by atomic mass is 32.2. The molecule has 2 amide bonds. The number of amides is 2. The number of nitrogens with zero attached hydrogens (tertiary/aromatic N) is 2. The Labute approximate surface area is 250 Å². The first kappa shape index (κ1) is 33.5. The molecule has 3 atom stereocenters. The molecule has 2 unspecified atom stereocenters. The second-order valence-corrected chi connectivity index (χ2v) is 14.0. The van der Waals surface area contributed by atoms with Gasteiger partial charge in [-0.25, -0.2) is 13.4 Å². The van der Waals surface area contributed by atoms with Gasteiger partial charge in [0.25, 0.3) is 5.91 Å². The number of benzene rings is 2. The van der Waals surface area contributed by atoms with Crippen LogP contribution in [0.3, 0.4) is 0 Å². The van der Waals surface area contributed by atoms with Crippen LogP contribution in [-0.2, 0) is 32.3 Å². The maximum absolute atomic E-state index is 13.7. The molecule has 0 fully saturated rings. The zero-order valence-electron chi connectivity index (χ0n) is 25.5. The number of rotatable bonds is 14. The Balaban J connectivity index is 1.89. The molecule has 3 N–H and O–H groups in total. The molecule has 42 heavy (non-hydrogen) atoms. The summed E-state index contributed by atoms with van der Waals surface area (Å²) in [5.41, 5.74) is 4.45. The van der Waals surface area contributed by atoms with Gasteiger partial charge < -0.3 is 14.7 Å². The Hall–Kier alpha value is -2.99. The number of aliphatic hydroxyl groups excluding tert-OH is 1. The first-order chi connectivity index (χ1) is 19.8. The van der Waals surface area contributed by atoms with E-state index in [2.05, 4.69) is 10.7 Å². The standard InChI is InChI=1S/C31H46N4O6S/c1-21(2)16-30(38)35(33-29(37)20-34(5)6)26(17-23-10-8-7-9-11-23)27(36)19-32-31(22(3)4)42(39,40)25-12-13-28-24(18-25)14-15-41-28/h7-13,18,21-22,26-27,31-32,36H,14-17,19-20H2,1-6H3,(H,33,37)/t26?,27-,31?/m1/s1. The van der Waals surface area contributed by atoms with Gasteiger partial charge in [0.05, 0.1) is 30.2 Å². The van der Waals surface area contributed by atoms with E-state index < -0.39 is 33.3 Å². The number of carbonyl (C=O) groups excluding carboxylic acids is 2. The zero-order valence-corrected chi connectivity index (χ0v) is 26.4.